The molecule has 4 heteroatoms. The zero-order valence-corrected chi connectivity index (χ0v) is 13.2. The normalized spacial score (nSPS) is 18.6. The molecule has 104 valence electrons. The topological polar surface area (TPSA) is 27.6 Å². The van der Waals surface area contributed by atoms with Crippen molar-refractivity contribution in [2.75, 3.05) is 30.9 Å². The van der Waals surface area contributed by atoms with Crippen LogP contribution >= 0.6 is 11.8 Å². The minimum Gasteiger partial charge on any atom is -0.377 e. The number of aryl methyl sites for hydroxylation is 1. The van der Waals surface area contributed by atoms with E-state index in [0.29, 0.717) is 11.2 Å². The number of anilines is 2. The molecule has 0 amide bonds. The van der Waals surface area contributed by atoms with Gasteiger partial charge in [0.05, 0.1) is 6.54 Å². The molecule has 1 unspecified atom stereocenters. The van der Waals surface area contributed by atoms with E-state index in [0.717, 1.165) is 17.4 Å². The Bertz CT molecular complexity index is 480. The van der Waals surface area contributed by atoms with E-state index < -0.39 is 0 Å². The van der Waals surface area contributed by atoms with E-state index in [9.17, 15) is 0 Å². The minimum absolute atomic E-state index is 0.612. The van der Waals surface area contributed by atoms with E-state index in [4.69, 9.17) is 0 Å². The molecule has 0 radical (unpaired) electrons. The number of hydrogen-bond acceptors (Lipinski definition) is 4. The van der Waals surface area contributed by atoms with E-state index in [1.54, 1.807) is 0 Å². The number of amidine groups is 1. The van der Waals surface area contributed by atoms with Crippen LogP contribution in [0.1, 0.15) is 19.4 Å². The van der Waals surface area contributed by atoms with Crippen molar-refractivity contribution in [3.8, 4) is 0 Å². The van der Waals surface area contributed by atoms with Gasteiger partial charge in [-0.1, -0.05) is 31.7 Å². The number of aliphatic imine (C=N–C) groups is 1. The lowest BCUT2D eigenvalue weighted by Crippen LogP contribution is -2.14. The highest BCUT2D eigenvalue weighted by atomic mass is 32.2. The Morgan fingerprint density at radius 2 is 2.11 bits per heavy atom. The first-order chi connectivity index (χ1) is 8.97. The standard InChI is InChI=1S/C15H23N3S/c1-10(2)14-9-16-15(19-14)17-12-7-6-11(3)13(8-12)18(4)5/h6-8,10,14H,9H2,1-5H3,(H,16,17). The molecule has 0 aromatic heterocycles. The predicted octanol–water partition coefficient (Wildman–Crippen LogP) is 3.60. The van der Waals surface area contributed by atoms with E-state index >= 15 is 0 Å². The third-order valence-electron chi connectivity index (χ3n) is 3.36. The molecule has 0 saturated heterocycles. The Balaban J connectivity index is 2.07. The van der Waals surface area contributed by atoms with E-state index in [-0.39, 0.29) is 0 Å². The Morgan fingerprint density at radius 3 is 2.68 bits per heavy atom. The van der Waals surface area contributed by atoms with Crippen LogP contribution in [0.2, 0.25) is 0 Å². The summed E-state index contributed by atoms with van der Waals surface area (Å²) >= 11 is 1.86. The molecule has 0 aliphatic carbocycles. The lowest BCUT2D eigenvalue weighted by atomic mass is 10.1. The lowest BCUT2D eigenvalue weighted by molar-refractivity contribution is 0.621. The van der Waals surface area contributed by atoms with Gasteiger partial charge >= 0.3 is 0 Å². The predicted molar refractivity (Wildman–Crippen MR) is 87.6 cm³/mol. The maximum atomic E-state index is 4.59. The number of nitrogens with zero attached hydrogens (tertiary/aromatic N) is 2. The third-order valence-corrected chi connectivity index (χ3v) is 4.81. The van der Waals surface area contributed by atoms with Crippen molar-refractivity contribution < 1.29 is 0 Å². The summed E-state index contributed by atoms with van der Waals surface area (Å²) in [7, 11) is 4.14. The Kier molecular flexibility index (Phi) is 4.40. The Labute approximate surface area is 120 Å². The molecule has 1 aliphatic rings. The summed E-state index contributed by atoms with van der Waals surface area (Å²) in [5.74, 6) is 0.670. The van der Waals surface area contributed by atoms with Crippen LogP contribution in [0.5, 0.6) is 0 Å². The zero-order valence-electron chi connectivity index (χ0n) is 12.4. The Morgan fingerprint density at radius 1 is 1.37 bits per heavy atom. The number of nitrogens with one attached hydrogen (secondary N) is 1. The van der Waals surface area contributed by atoms with Crippen molar-refractivity contribution >= 4 is 28.3 Å². The average Bonchev–Trinajstić information content (AvgIpc) is 2.80. The molecule has 2 rings (SSSR count). The molecular weight excluding hydrogens is 254 g/mol. The van der Waals surface area contributed by atoms with Crippen molar-refractivity contribution in [1.82, 2.24) is 0 Å². The minimum atomic E-state index is 0.612. The van der Waals surface area contributed by atoms with Gasteiger partial charge in [0.2, 0.25) is 0 Å². The first-order valence-electron chi connectivity index (χ1n) is 6.73. The van der Waals surface area contributed by atoms with Gasteiger partial charge < -0.3 is 10.2 Å². The second-order valence-corrected chi connectivity index (χ2v) is 6.79. The van der Waals surface area contributed by atoms with Gasteiger partial charge in [-0.05, 0) is 30.5 Å². The van der Waals surface area contributed by atoms with Gasteiger partial charge in [-0.25, -0.2) is 0 Å². The summed E-state index contributed by atoms with van der Waals surface area (Å²) in [6.07, 6.45) is 0. The van der Waals surface area contributed by atoms with E-state index in [2.05, 4.69) is 68.3 Å². The van der Waals surface area contributed by atoms with Gasteiger partial charge in [0, 0.05) is 30.7 Å². The molecule has 0 spiro atoms. The van der Waals surface area contributed by atoms with Crippen LogP contribution in [0.4, 0.5) is 11.4 Å². The molecule has 1 aromatic carbocycles. The van der Waals surface area contributed by atoms with Crippen molar-refractivity contribution in [1.29, 1.82) is 0 Å². The van der Waals surface area contributed by atoms with Gasteiger partial charge in [0.25, 0.3) is 0 Å². The van der Waals surface area contributed by atoms with E-state index in [1.165, 1.54) is 11.3 Å². The largest absolute Gasteiger partial charge is 0.377 e. The van der Waals surface area contributed by atoms with Crippen LogP contribution in [-0.4, -0.2) is 31.1 Å². The average molecular weight is 277 g/mol. The number of hydrogen-bond donors (Lipinski definition) is 1. The molecule has 0 saturated carbocycles. The van der Waals surface area contributed by atoms with Crippen molar-refractivity contribution in [2.45, 2.75) is 26.0 Å². The summed E-state index contributed by atoms with van der Waals surface area (Å²) in [5.41, 5.74) is 3.65. The summed E-state index contributed by atoms with van der Waals surface area (Å²) in [6, 6.07) is 6.45. The fourth-order valence-electron chi connectivity index (χ4n) is 2.10. The number of benzene rings is 1. The van der Waals surface area contributed by atoms with Crippen molar-refractivity contribution in [2.24, 2.45) is 10.9 Å². The molecule has 0 fully saturated rings. The molecule has 1 aliphatic heterocycles. The summed E-state index contributed by atoms with van der Waals surface area (Å²) < 4.78 is 0. The molecule has 1 N–H and O–H groups in total. The molecule has 1 aromatic rings. The van der Waals surface area contributed by atoms with Crippen LogP contribution in [-0.2, 0) is 0 Å². The number of rotatable bonds is 3. The first-order valence-corrected chi connectivity index (χ1v) is 7.61. The van der Waals surface area contributed by atoms with Crippen LogP contribution in [0.3, 0.4) is 0 Å². The smallest absolute Gasteiger partial charge is 0.161 e. The van der Waals surface area contributed by atoms with Gasteiger partial charge in [-0.2, -0.15) is 0 Å². The van der Waals surface area contributed by atoms with E-state index in [1.807, 2.05) is 11.8 Å². The second kappa shape index (κ2) is 5.87. The van der Waals surface area contributed by atoms with Crippen LogP contribution in [0.25, 0.3) is 0 Å². The number of thioether (sulfide) groups is 1. The fourth-order valence-corrected chi connectivity index (χ4v) is 3.13. The summed E-state index contributed by atoms with van der Waals surface area (Å²) in [4.78, 5) is 6.73. The van der Waals surface area contributed by atoms with Crippen LogP contribution in [0.15, 0.2) is 23.2 Å². The third kappa shape index (κ3) is 3.44. The monoisotopic (exact) mass is 277 g/mol. The van der Waals surface area contributed by atoms with Gasteiger partial charge in [0.15, 0.2) is 5.17 Å². The Hall–Kier alpha value is -1.16. The molecule has 19 heavy (non-hydrogen) atoms. The quantitative estimate of drug-likeness (QED) is 0.915. The highest BCUT2D eigenvalue weighted by Crippen LogP contribution is 2.29. The lowest BCUT2D eigenvalue weighted by Gasteiger charge is -2.17. The maximum absolute atomic E-state index is 4.59. The van der Waals surface area contributed by atoms with Crippen LogP contribution < -0.4 is 10.2 Å². The van der Waals surface area contributed by atoms with Crippen LogP contribution in [0, 0.1) is 12.8 Å². The fraction of sp³-hybridized carbons (Fsp3) is 0.533. The molecular formula is C15H23N3S. The van der Waals surface area contributed by atoms with Gasteiger partial charge in [-0.3, -0.25) is 4.99 Å². The first kappa shape index (κ1) is 14.3. The summed E-state index contributed by atoms with van der Waals surface area (Å²) in [5, 5.41) is 5.10. The maximum Gasteiger partial charge on any atom is 0.161 e. The van der Waals surface area contributed by atoms with Gasteiger partial charge in [-0.15, -0.1) is 0 Å². The molecule has 1 atom stereocenters. The molecule has 0 bridgehead atoms. The SMILES string of the molecule is Cc1ccc(NC2=NCC(C(C)C)S2)cc1N(C)C. The molecule has 1 heterocycles. The highest BCUT2D eigenvalue weighted by molar-refractivity contribution is 8.15. The van der Waals surface area contributed by atoms with Gasteiger partial charge in [0.1, 0.15) is 0 Å². The second-order valence-electron chi connectivity index (χ2n) is 5.57. The molecule has 3 nitrogen and oxygen atoms in total. The zero-order chi connectivity index (χ0) is 14.0. The summed E-state index contributed by atoms with van der Waals surface area (Å²) in [6.45, 7) is 7.57. The van der Waals surface area contributed by atoms with Crippen molar-refractivity contribution in [3.05, 3.63) is 23.8 Å². The van der Waals surface area contributed by atoms with Crippen molar-refractivity contribution in [3.63, 3.8) is 0 Å². The highest BCUT2D eigenvalue weighted by Gasteiger charge is 2.22.